The molecule has 2 aromatic heterocycles. The first kappa shape index (κ1) is 22.8. The summed E-state index contributed by atoms with van der Waals surface area (Å²) in [4.78, 5) is 34.0. The van der Waals surface area contributed by atoms with Crippen molar-refractivity contribution in [3.05, 3.63) is 32.5 Å². The monoisotopic (exact) mass is 444 g/mol. The highest BCUT2D eigenvalue weighted by Crippen LogP contribution is 2.33. The van der Waals surface area contributed by atoms with Gasteiger partial charge in [0.2, 0.25) is 5.95 Å². The topological polar surface area (TPSA) is 97.3 Å². The molecule has 0 aliphatic carbocycles. The van der Waals surface area contributed by atoms with Crippen LogP contribution in [0, 0.1) is 5.92 Å². The van der Waals surface area contributed by atoms with Gasteiger partial charge in [-0.1, -0.05) is 11.6 Å². The third-order valence-electron chi connectivity index (χ3n) is 6.74. The molecule has 2 aromatic rings. The van der Waals surface area contributed by atoms with Crippen molar-refractivity contribution < 1.29 is 5.11 Å². The van der Waals surface area contributed by atoms with Crippen molar-refractivity contribution in [3.8, 4) is 0 Å². The zero-order valence-corrected chi connectivity index (χ0v) is 19.9. The number of fused-ring (bicyclic) bond motifs is 2. The molecule has 2 unspecified atom stereocenters. The summed E-state index contributed by atoms with van der Waals surface area (Å²) in [6.07, 6.45) is 3.50. The molecule has 0 aromatic carbocycles. The molecule has 0 amide bonds. The minimum atomic E-state index is -0.967. The lowest BCUT2D eigenvalue weighted by Gasteiger charge is -2.25. The Balaban J connectivity index is 1.94. The van der Waals surface area contributed by atoms with Crippen LogP contribution in [-0.4, -0.2) is 55.1 Å². The van der Waals surface area contributed by atoms with E-state index < -0.39 is 5.60 Å². The Morgan fingerprint density at radius 3 is 2.62 bits per heavy atom. The number of aromatic nitrogens is 4. The fraction of sp³-hybridized carbons (Fsp3) is 0.696. The summed E-state index contributed by atoms with van der Waals surface area (Å²) in [7, 11) is 0. The molecule has 2 saturated heterocycles. The van der Waals surface area contributed by atoms with Gasteiger partial charge in [0.15, 0.2) is 11.2 Å². The minimum Gasteiger partial charge on any atom is -0.390 e. The summed E-state index contributed by atoms with van der Waals surface area (Å²) in [5, 5.41) is 13.6. The highest BCUT2D eigenvalue weighted by molar-refractivity contribution is 5.75. The Morgan fingerprint density at radius 1 is 1.22 bits per heavy atom. The van der Waals surface area contributed by atoms with Crippen molar-refractivity contribution in [2.24, 2.45) is 5.92 Å². The number of anilines is 1. The number of nitrogens with one attached hydrogen (secondary N) is 1. The fourth-order valence-corrected chi connectivity index (χ4v) is 4.91. The minimum absolute atomic E-state index is 0.165. The number of allylic oxidation sites excluding steroid dienone is 2. The van der Waals surface area contributed by atoms with Gasteiger partial charge >= 0.3 is 5.69 Å². The number of imidazole rings is 1. The lowest BCUT2D eigenvalue weighted by Crippen LogP contribution is -2.41. The molecule has 9 nitrogen and oxygen atoms in total. The van der Waals surface area contributed by atoms with Crippen LogP contribution < -0.4 is 21.5 Å². The summed E-state index contributed by atoms with van der Waals surface area (Å²) in [5.74, 6) is 1.36. The van der Waals surface area contributed by atoms with E-state index in [1.54, 1.807) is 18.4 Å². The van der Waals surface area contributed by atoms with Gasteiger partial charge in [0.1, 0.15) is 0 Å². The van der Waals surface area contributed by atoms with E-state index in [4.69, 9.17) is 4.98 Å². The van der Waals surface area contributed by atoms with E-state index in [0.717, 1.165) is 37.6 Å². The summed E-state index contributed by atoms with van der Waals surface area (Å²) >= 11 is 0. The summed E-state index contributed by atoms with van der Waals surface area (Å²) < 4.78 is 4.83. The van der Waals surface area contributed by atoms with Crippen molar-refractivity contribution in [1.29, 1.82) is 0 Å². The highest BCUT2D eigenvalue weighted by atomic mass is 16.3. The van der Waals surface area contributed by atoms with E-state index in [2.05, 4.69) is 16.3 Å². The van der Waals surface area contributed by atoms with E-state index >= 15 is 0 Å². The van der Waals surface area contributed by atoms with Crippen molar-refractivity contribution in [3.63, 3.8) is 0 Å². The van der Waals surface area contributed by atoms with Crippen molar-refractivity contribution in [2.75, 3.05) is 24.5 Å². The number of aliphatic hydroxyl groups is 1. The molecule has 4 rings (SSSR count). The fourth-order valence-electron chi connectivity index (χ4n) is 4.91. The number of aryl methyl sites for hydroxylation is 1. The van der Waals surface area contributed by atoms with Gasteiger partial charge < -0.3 is 19.9 Å². The molecule has 9 heteroatoms. The van der Waals surface area contributed by atoms with Crippen LogP contribution in [0.1, 0.15) is 47.5 Å². The van der Waals surface area contributed by atoms with Crippen LogP contribution in [0.3, 0.4) is 0 Å². The molecule has 0 saturated carbocycles. The Labute approximate surface area is 188 Å². The molecule has 176 valence electrons. The van der Waals surface area contributed by atoms with Gasteiger partial charge in [0.25, 0.3) is 5.56 Å². The third-order valence-corrected chi connectivity index (χ3v) is 6.74. The Kier molecular flexibility index (Phi) is 6.06. The van der Waals surface area contributed by atoms with Crippen molar-refractivity contribution in [2.45, 2.75) is 78.7 Å². The van der Waals surface area contributed by atoms with Crippen LogP contribution in [0.2, 0.25) is 0 Å². The standard InChI is InChI=1S/C23H36N6O3/c1-6-26-19-18(20(30)29(22(26)31)12-9-23(4,5)32)28(10-7-15(2)3)21(25-19)27-11-8-16-13-24-14-17(16)27/h7,16-17,24,32H,6,8-14H2,1-5H3. The Bertz CT molecular complexity index is 1150. The molecule has 2 N–H and O–H groups in total. The first-order valence-corrected chi connectivity index (χ1v) is 11.7. The average Bonchev–Trinajstić information content (AvgIpc) is 3.39. The normalized spacial score (nSPS) is 20.9. The van der Waals surface area contributed by atoms with Crippen LogP contribution in [-0.2, 0) is 19.6 Å². The maximum atomic E-state index is 13.6. The molecule has 0 bridgehead atoms. The Morgan fingerprint density at radius 2 is 1.97 bits per heavy atom. The first-order valence-electron chi connectivity index (χ1n) is 11.7. The average molecular weight is 445 g/mol. The van der Waals surface area contributed by atoms with E-state index in [0.29, 0.717) is 42.6 Å². The van der Waals surface area contributed by atoms with Crippen LogP contribution >= 0.6 is 0 Å². The molecule has 4 heterocycles. The first-order chi connectivity index (χ1) is 15.1. The van der Waals surface area contributed by atoms with Crippen LogP contribution in [0.15, 0.2) is 21.2 Å². The molecule has 2 aliphatic heterocycles. The number of rotatable bonds is 7. The predicted molar refractivity (Wildman–Crippen MR) is 126 cm³/mol. The molecular weight excluding hydrogens is 408 g/mol. The second-order valence-corrected chi connectivity index (χ2v) is 9.99. The summed E-state index contributed by atoms with van der Waals surface area (Å²) in [5.41, 5.74) is 0.406. The van der Waals surface area contributed by atoms with Crippen LogP contribution in [0.4, 0.5) is 5.95 Å². The van der Waals surface area contributed by atoms with Gasteiger partial charge in [0.05, 0.1) is 5.60 Å². The lowest BCUT2D eigenvalue weighted by atomic mass is 10.1. The zero-order valence-electron chi connectivity index (χ0n) is 19.9. The third kappa shape index (κ3) is 4.03. The molecule has 0 radical (unpaired) electrons. The van der Waals surface area contributed by atoms with Gasteiger partial charge in [0, 0.05) is 45.3 Å². The molecule has 2 atom stereocenters. The van der Waals surface area contributed by atoms with Gasteiger partial charge in [-0.15, -0.1) is 0 Å². The summed E-state index contributed by atoms with van der Waals surface area (Å²) in [6, 6.07) is 0.358. The van der Waals surface area contributed by atoms with E-state index in [-0.39, 0.29) is 17.8 Å². The van der Waals surface area contributed by atoms with Crippen LogP contribution in [0.5, 0.6) is 0 Å². The maximum absolute atomic E-state index is 13.6. The molecule has 0 spiro atoms. The lowest BCUT2D eigenvalue weighted by molar-refractivity contribution is 0.0654. The number of hydrogen-bond acceptors (Lipinski definition) is 6. The number of nitrogens with zero attached hydrogens (tertiary/aromatic N) is 5. The van der Waals surface area contributed by atoms with Gasteiger partial charge in [-0.25, -0.2) is 4.79 Å². The Hall–Kier alpha value is -2.39. The molecule has 32 heavy (non-hydrogen) atoms. The molecule has 2 aliphatic rings. The largest absolute Gasteiger partial charge is 0.390 e. The predicted octanol–water partition coefficient (Wildman–Crippen LogP) is 1.30. The maximum Gasteiger partial charge on any atom is 0.332 e. The van der Waals surface area contributed by atoms with E-state index in [1.807, 2.05) is 25.3 Å². The summed E-state index contributed by atoms with van der Waals surface area (Å²) in [6.45, 7) is 13.3. The molecule has 2 fully saturated rings. The van der Waals surface area contributed by atoms with Gasteiger partial charge in [-0.2, -0.15) is 4.98 Å². The quantitative estimate of drug-likeness (QED) is 0.625. The SMILES string of the molecule is CCn1c(=O)n(CCC(C)(C)O)c(=O)c2c1nc(N1CCC3CNCC31)n2CC=C(C)C. The second kappa shape index (κ2) is 8.51. The van der Waals surface area contributed by atoms with Crippen molar-refractivity contribution >= 4 is 17.1 Å². The van der Waals surface area contributed by atoms with Gasteiger partial charge in [-0.05, 0) is 53.4 Å². The van der Waals surface area contributed by atoms with Gasteiger partial charge in [-0.3, -0.25) is 13.9 Å². The van der Waals surface area contributed by atoms with E-state index in [9.17, 15) is 14.7 Å². The van der Waals surface area contributed by atoms with Crippen LogP contribution in [0.25, 0.3) is 11.2 Å². The van der Waals surface area contributed by atoms with Crippen molar-refractivity contribution in [1.82, 2.24) is 24.0 Å². The smallest absolute Gasteiger partial charge is 0.332 e. The van der Waals surface area contributed by atoms with E-state index in [1.165, 1.54) is 4.57 Å². The molecular formula is C23H36N6O3. The zero-order chi connectivity index (χ0) is 23.2. The number of hydrogen-bond donors (Lipinski definition) is 2. The second-order valence-electron chi connectivity index (χ2n) is 9.99. The highest BCUT2D eigenvalue weighted by Gasteiger charge is 2.40.